The van der Waals surface area contributed by atoms with Crippen LogP contribution in [0, 0.1) is 11.6 Å². The van der Waals surface area contributed by atoms with Crippen LogP contribution in [0.1, 0.15) is 31.0 Å². The average Bonchev–Trinajstić information content (AvgIpc) is 3.20. The first kappa shape index (κ1) is 25.3. The molecule has 0 bridgehead atoms. The molecule has 5 rings (SSSR count). The van der Waals surface area contributed by atoms with Crippen LogP contribution in [-0.4, -0.2) is 43.1 Å². The van der Waals surface area contributed by atoms with Crippen LogP contribution in [0.2, 0.25) is 0 Å². The van der Waals surface area contributed by atoms with Gasteiger partial charge in [-0.1, -0.05) is 12.1 Å². The third kappa shape index (κ3) is 4.34. The zero-order chi connectivity index (χ0) is 27.0. The van der Waals surface area contributed by atoms with E-state index in [0.29, 0.717) is 30.3 Å². The van der Waals surface area contributed by atoms with E-state index in [2.05, 4.69) is 4.90 Å². The summed E-state index contributed by atoms with van der Waals surface area (Å²) in [6.07, 6.45) is 0. The van der Waals surface area contributed by atoms with Crippen molar-refractivity contribution in [2.45, 2.75) is 19.9 Å². The molecule has 0 spiro atoms. The van der Waals surface area contributed by atoms with Gasteiger partial charge < -0.3 is 19.5 Å². The number of halogens is 2. The number of anilines is 2. The van der Waals surface area contributed by atoms with E-state index in [1.165, 1.54) is 12.1 Å². The van der Waals surface area contributed by atoms with Gasteiger partial charge in [0.1, 0.15) is 19.0 Å². The normalized spacial score (nSPS) is 18.1. The molecule has 9 heteroatoms. The predicted molar refractivity (Wildman–Crippen MR) is 139 cm³/mol. The van der Waals surface area contributed by atoms with Crippen LogP contribution in [0.4, 0.5) is 20.2 Å². The number of nitrogens with zero attached hydrogens (tertiary/aromatic N) is 2. The van der Waals surface area contributed by atoms with Crippen molar-refractivity contribution in [3.05, 3.63) is 89.0 Å². The molecule has 196 valence electrons. The highest BCUT2D eigenvalue weighted by atomic mass is 19.2. The number of amides is 1. The maximum Gasteiger partial charge on any atom is 0.300 e. The lowest BCUT2D eigenvalue weighted by atomic mass is 9.94. The van der Waals surface area contributed by atoms with Gasteiger partial charge >= 0.3 is 0 Å². The third-order valence-corrected chi connectivity index (χ3v) is 6.78. The molecular weight excluding hydrogens is 494 g/mol. The van der Waals surface area contributed by atoms with Crippen LogP contribution < -0.4 is 19.3 Å². The fraction of sp³-hybridized carbons (Fsp3) is 0.241. The molecular formula is C29H26F2N2O5. The lowest BCUT2D eigenvalue weighted by molar-refractivity contribution is -0.132. The number of hydrogen-bond donors (Lipinski definition) is 1. The van der Waals surface area contributed by atoms with Gasteiger partial charge in [-0.05, 0) is 61.9 Å². The molecule has 7 nitrogen and oxygen atoms in total. The second-order valence-electron chi connectivity index (χ2n) is 8.89. The smallest absolute Gasteiger partial charge is 0.300 e. The summed E-state index contributed by atoms with van der Waals surface area (Å²) < 4.78 is 39.0. The number of carbonyl (C=O) groups is 2. The summed E-state index contributed by atoms with van der Waals surface area (Å²) in [5.41, 5.74) is 1.53. The fourth-order valence-electron chi connectivity index (χ4n) is 4.85. The van der Waals surface area contributed by atoms with Crippen molar-refractivity contribution >= 4 is 28.8 Å². The van der Waals surface area contributed by atoms with Gasteiger partial charge in [0.2, 0.25) is 0 Å². The Labute approximate surface area is 218 Å². The minimum atomic E-state index is -1.16. The van der Waals surface area contributed by atoms with E-state index in [9.17, 15) is 23.5 Å². The number of carbonyl (C=O) groups excluding carboxylic acids is 2. The summed E-state index contributed by atoms with van der Waals surface area (Å²) in [6, 6.07) is 13.8. The van der Waals surface area contributed by atoms with E-state index in [1.54, 1.807) is 24.3 Å². The van der Waals surface area contributed by atoms with Gasteiger partial charge in [0.25, 0.3) is 11.7 Å². The molecule has 1 fully saturated rings. The number of ether oxygens (including phenoxy) is 2. The standard InChI is InChI=1S/C29H26F2N2O5/c1-3-32(4-2)19-8-5-17(6-9-19)26-25(27(34)18-7-12-23-24(15-18)38-14-13-37-23)28(35)29(36)33(26)20-10-11-21(30)22(31)16-20/h5-12,15-16,26,34H,3-4,13-14H2,1-2H3/b27-25-. The molecule has 38 heavy (non-hydrogen) atoms. The topological polar surface area (TPSA) is 79.3 Å². The lowest BCUT2D eigenvalue weighted by Gasteiger charge is -2.27. The summed E-state index contributed by atoms with van der Waals surface area (Å²) in [6.45, 7) is 6.35. The maximum absolute atomic E-state index is 14.2. The minimum Gasteiger partial charge on any atom is -0.507 e. The molecule has 1 amide bonds. The summed E-state index contributed by atoms with van der Waals surface area (Å²) in [7, 11) is 0. The summed E-state index contributed by atoms with van der Waals surface area (Å²) in [5.74, 6) is -3.67. The third-order valence-electron chi connectivity index (χ3n) is 6.78. The Morgan fingerprint density at radius 3 is 2.26 bits per heavy atom. The molecule has 2 aliphatic heterocycles. The summed E-state index contributed by atoms with van der Waals surface area (Å²) in [5, 5.41) is 11.4. The summed E-state index contributed by atoms with van der Waals surface area (Å²) >= 11 is 0. The average molecular weight is 521 g/mol. The molecule has 3 aromatic carbocycles. The molecule has 2 aliphatic rings. The van der Waals surface area contributed by atoms with E-state index in [-0.39, 0.29) is 16.8 Å². The van der Waals surface area contributed by atoms with Gasteiger partial charge in [-0.15, -0.1) is 0 Å². The second-order valence-corrected chi connectivity index (χ2v) is 8.89. The second kappa shape index (κ2) is 10.2. The van der Waals surface area contributed by atoms with Crippen LogP contribution in [0.5, 0.6) is 11.5 Å². The van der Waals surface area contributed by atoms with Crippen LogP contribution in [0.15, 0.2) is 66.2 Å². The monoisotopic (exact) mass is 520 g/mol. The Bertz CT molecular complexity index is 1430. The SMILES string of the molecule is CCN(CC)c1ccc(C2/C(=C(/O)c3ccc4c(c3)OCCO4)C(=O)C(=O)N2c2ccc(F)c(F)c2)cc1. The van der Waals surface area contributed by atoms with Crippen molar-refractivity contribution in [3.8, 4) is 11.5 Å². The van der Waals surface area contributed by atoms with Gasteiger partial charge in [0.05, 0.1) is 11.6 Å². The Balaban J connectivity index is 1.67. The van der Waals surface area contributed by atoms with Gasteiger partial charge in [-0.25, -0.2) is 8.78 Å². The molecule has 0 aromatic heterocycles. The Morgan fingerprint density at radius 1 is 0.921 bits per heavy atom. The number of rotatable bonds is 6. The van der Waals surface area contributed by atoms with E-state index in [0.717, 1.165) is 35.8 Å². The Morgan fingerprint density at radius 2 is 1.61 bits per heavy atom. The number of ketones is 1. The number of fused-ring (bicyclic) bond motifs is 1. The lowest BCUT2D eigenvalue weighted by Crippen LogP contribution is -2.29. The van der Waals surface area contributed by atoms with Crippen molar-refractivity contribution in [1.82, 2.24) is 0 Å². The van der Waals surface area contributed by atoms with Gasteiger partial charge in [-0.3, -0.25) is 14.5 Å². The van der Waals surface area contributed by atoms with Crippen molar-refractivity contribution in [1.29, 1.82) is 0 Å². The molecule has 1 N–H and O–H groups in total. The van der Waals surface area contributed by atoms with Crippen molar-refractivity contribution in [3.63, 3.8) is 0 Å². The predicted octanol–water partition coefficient (Wildman–Crippen LogP) is 5.21. The number of hydrogen-bond acceptors (Lipinski definition) is 6. The number of aliphatic hydroxyl groups is 1. The van der Waals surface area contributed by atoms with Crippen molar-refractivity contribution in [2.75, 3.05) is 36.1 Å². The zero-order valence-electron chi connectivity index (χ0n) is 20.9. The van der Waals surface area contributed by atoms with E-state index >= 15 is 0 Å². The molecule has 0 saturated carbocycles. The van der Waals surface area contributed by atoms with Gasteiger partial charge in [0, 0.05) is 36.1 Å². The zero-order valence-corrected chi connectivity index (χ0v) is 20.9. The first-order chi connectivity index (χ1) is 18.3. The van der Waals surface area contributed by atoms with Crippen LogP contribution in [-0.2, 0) is 9.59 Å². The highest BCUT2D eigenvalue weighted by Gasteiger charge is 2.47. The molecule has 1 saturated heterocycles. The molecule has 2 heterocycles. The van der Waals surface area contributed by atoms with Crippen molar-refractivity contribution in [2.24, 2.45) is 0 Å². The van der Waals surface area contributed by atoms with E-state index in [4.69, 9.17) is 9.47 Å². The molecule has 1 unspecified atom stereocenters. The van der Waals surface area contributed by atoms with E-state index < -0.39 is 35.1 Å². The van der Waals surface area contributed by atoms with Crippen LogP contribution in [0.3, 0.4) is 0 Å². The summed E-state index contributed by atoms with van der Waals surface area (Å²) in [4.78, 5) is 29.9. The largest absolute Gasteiger partial charge is 0.507 e. The van der Waals surface area contributed by atoms with Gasteiger partial charge in [0.15, 0.2) is 23.1 Å². The minimum absolute atomic E-state index is 0.00922. The molecule has 0 aliphatic carbocycles. The maximum atomic E-state index is 14.2. The molecule has 1 atom stereocenters. The fourth-order valence-corrected chi connectivity index (χ4v) is 4.85. The first-order valence-corrected chi connectivity index (χ1v) is 12.3. The van der Waals surface area contributed by atoms with E-state index in [1.807, 2.05) is 26.0 Å². The Kier molecular flexibility index (Phi) is 6.75. The van der Waals surface area contributed by atoms with Crippen LogP contribution >= 0.6 is 0 Å². The number of Topliss-reactive ketones (excluding diaryl/α,β-unsaturated/α-hetero) is 1. The van der Waals surface area contributed by atoms with Crippen molar-refractivity contribution < 1.29 is 33.0 Å². The quantitative estimate of drug-likeness (QED) is 0.273. The molecule has 0 radical (unpaired) electrons. The highest BCUT2D eigenvalue weighted by Crippen LogP contribution is 2.43. The Hall–Kier alpha value is -4.40. The highest BCUT2D eigenvalue weighted by molar-refractivity contribution is 6.51. The number of benzene rings is 3. The first-order valence-electron chi connectivity index (χ1n) is 12.3. The number of aliphatic hydroxyl groups excluding tert-OH is 1. The van der Waals surface area contributed by atoms with Gasteiger partial charge in [-0.2, -0.15) is 0 Å². The molecule has 3 aromatic rings. The van der Waals surface area contributed by atoms with Crippen LogP contribution in [0.25, 0.3) is 5.76 Å².